The summed E-state index contributed by atoms with van der Waals surface area (Å²) in [6.07, 6.45) is 3.48. The first-order chi connectivity index (χ1) is 14.7. The van der Waals surface area contributed by atoms with Gasteiger partial charge in [-0.3, -0.25) is 14.6 Å². The molecule has 1 aromatic carbocycles. The van der Waals surface area contributed by atoms with Gasteiger partial charge in [-0.2, -0.15) is 0 Å². The maximum absolute atomic E-state index is 12.4. The maximum atomic E-state index is 12.4. The molecule has 0 spiro atoms. The van der Waals surface area contributed by atoms with Crippen molar-refractivity contribution in [2.24, 2.45) is 0 Å². The predicted octanol–water partition coefficient (Wildman–Crippen LogP) is 1.62. The van der Waals surface area contributed by atoms with Gasteiger partial charge in [0.05, 0.1) is 12.2 Å². The SMILES string of the molecule is O=C(NCC(=O)N1CCN(c2ccc(-c3cccnc3)nn2)CC1)c1ccccc1. The zero-order valence-electron chi connectivity index (χ0n) is 16.4. The van der Waals surface area contributed by atoms with Crippen LogP contribution >= 0.6 is 0 Å². The van der Waals surface area contributed by atoms with Crippen molar-refractivity contribution in [1.29, 1.82) is 0 Å². The molecule has 3 aromatic rings. The van der Waals surface area contributed by atoms with Gasteiger partial charge in [0.25, 0.3) is 5.91 Å². The van der Waals surface area contributed by atoms with Crippen LogP contribution in [0.15, 0.2) is 67.0 Å². The Morgan fingerprint density at radius 2 is 1.70 bits per heavy atom. The van der Waals surface area contributed by atoms with E-state index in [1.54, 1.807) is 41.6 Å². The summed E-state index contributed by atoms with van der Waals surface area (Å²) in [4.78, 5) is 32.5. The van der Waals surface area contributed by atoms with Crippen LogP contribution in [0.3, 0.4) is 0 Å². The lowest BCUT2D eigenvalue weighted by Crippen LogP contribution is -2.51. The van der Waals surface area contributed by atoms with Crippen LogP contribution in [0.4, 0.5) is 5.82 Å². The first kappa shape index (κ1) is 19.5. The second-order valence-electron chi connectivity index (χ2n) is 6.94. The average Bonchev–Trinajstić information content (AvgIpc) is 2.83. The zero-order chi connectivity index (χ0) is 20.8. The Morgan fingerprint density at radius 3 is 2.37 bits per heavy atom. The van der Waals surface area contributed by atoms with Crippen molar-refractivity contribution < 1.29 is 9.59 Å². The molecule has 0 aliphatic carbocycles. The van der Waals surface area contributed by atoms with E-state index in [4.69, 9.17) is 0 Å². The Bertz CT molecular complexity index is 987. The number of carbonyl (C=O) groups excluding carboxylic acids is 2. The Hall–Kier alpha value is -3.81. The van der Waals surface area contributed by atoms with Gasteiger partial charge >= 0.3 is 0 Å². The van der Waals surface area contributed by atoms with Crippen LogP contribution in [0.1, 0.15) is 10.4 Å². The van der Waals surface area contributed by atoms with E-state index in [9.17, 15) is 9.59 Å². The molecule has 2 aromatic heterocycles. The molecule has 152 valence electrons. The normalized spacial score (nSPS) is 13.7. The third-order valence-corrected chi connectivity index (χ3v) is 5.00. The number of amides is 2. The van der Waals surface area contributed by atoms with Crippen molar-refractivity contribution in [2.75, 3.05) is 37.6 Å². The molecule has 0 radical (unpaired) electrons. The quantitative estimate of drug-likeness (QED) is 0.697. The number of benzene rings is 1. The van der Waals surface area contributed by atoms with Crippen LogP contribution in [0.2, 0.25) is 0 Å². The van der Waals surface area contributed by atoms with Gasteiger partial charge in [0, 0.05) is 49.7 Å². The van der Waals surface area contributed by atoms with E-state index in [1.165, 1.54) is 0 Å². The number of hydrogen-bond acceptors (Lipinski definition) is 6. The molecule has 30 heavy (non-hydrogen) atoms. The van der Waals surface area contributed by atoms with E-state index in [-0.39, 0.29) is 18.4 Å². The lowest BCUT2D eigenvalue weighted by molar-refractivity contribution is -0.130. The van der Waals surface area contributed by atoms with Crippen molar-refractivity contribution >= 4 is 17.6 Å². The van der Waals surface area contributed by atoms with Gasteiger partial charge in [0.1, 0.15) is 0 Å². The number of rotatable bonds is 5. The fraction of sp³-hybridized carbons (Fsp3) is 0.227. The van der Waals surface area contributed by atoms with Gasteiger partial charge in [-0.25, -0.2) is 0 Å². The second kappa shape index (κ2) is 9.13. The van der Waals surface area contributed by atoms with Crippen LogP contribution in [0.25, 0.3) is 11.3 Å². The monoisotopic (exact) mass is 402 g/mol. The smallest absolute Gasteiger partial charge is 0.251 e. The number of pyridine rings is 1. The number of anilines is 1. The summed E-state index contributed by atoms with van der Waals surface area (Å²) in [6, 6.07) is 16.5. The number of nitrogens with one attached hydrogen (secondary N) is 1. The van der Waals surface area contributed by atoms with Crippen molar-refractivity contribution in [3.8, 4) is 11.3 Å². The zero-order valence-corrected chi connectivity index (χ0v) is 16.4. The van der Waals surface area contributed by atoms with Crippen LogP contribution in [-0.2, 0) is 4.79 Å². The van der Waals surface area contributed by atoms with Crippen molar-refractivity contribution in [3.05, 3.63) is 72.6 Å². The van der Waals surface area contributed by atoms with Gasteiger partial charge < -0.3 is 15.1 Å². The molecule has 1 fully saturated rings. The van der Waals surface area contributed by atoms with Gasteiger partial charge in [-0.05, 0) is 36.4 Å². The highest BCUT2D eigenvalue weighted by Gasteiger charge is 2.22. The van der Waals surface area contributed by atoms with E-state index < -0.39 is 0 Å². The van der Waals surface area contributed by atoms with E-state index in [2.05, 4.69) is 25.4 Å². The third kappa shape index (κ3) is 4.60. The first-order valence-electron chi connectivity index (χ1n) is 9.81. The molecule has 1 N–H and O–H groups in total. The Kier molecular flexibility index (Phi) is 5.93. The number of carbonyl (C=O) groups is 2. The van der Waals surface area contributed by atoms with E-state index in [1.807, 2.05) is 30.3 Å². The summed E-state index contributed by atoms with van der Waals surface area (Å²) in [7, 11) is 0. The fourth-order valence-electron chi connectivity index (χ4n) is 3.31. The molecule has 3 heterocycles. The molecule has 2 amide bonds. The molecule has 0 bridgehead atoms. The molecular formula is C22H22N6O2. The number of nitrogens with zero attached hydrogens (tertiary/aromatic N) is 5. The summed E-state index contributed by atoms with van der Waals surface area (Å²) in [5.74, 6) is 0.454. The van der Waals surface area contributed by atoms with Crippen LogP contribution in [-0.4, -0.2) is 64.6 Å². The molecule has 0 atom stereocenters. The molecule has 8 heteroatoms. The Labute approximate surface area is 174 Å². The van der Waals surface area contributed by atoms with E-state index in [0.29, 0.717) is 31.7 Å². The third-order valence-electron chi connectivity index (χ3n) is 5.00. The molecule has 4 rings (SSSR count). The standard InChI is InChI=1S/C22H22N6O2/c29-21(16-24-22(30)17-5-2-1-3-6-17)28-13-11-27(12-14-28)20-9-8-19(25-26-20)18-7-4-10-23-15-18/h1-10,15H,11-14,16H2,(H,24,30). The van der Waals surface area contributed by atoms with Crippen LogP contribution in [0.5, 0.6) is 0 Å². The first-order valence-corrected chi connectivity index (χ1v) is 9.81. The predicted molar refractivity (Wildman–Crippen MR) is 113 cm³/mol. The molecule has 8 nitrogen and oxygen atoms in total. The van der Waals surface area contributed by atoms with Gasteiger partial charge in [-0.15, -0.1) is 10.2 Å². The Balaban J connectivity index is 1.27. The largest absolute Gasteiger partial charge is 0.352 e. The number of hydrogen-bond donors (Lipinski definition) is 1. The molecule has 1 aliphatic heterocycles. The van der Waals surface area contributed by atoms with Crippen LogP contribution in [0, 0.1) is 0 Å². The van der Waals surface area contributed by atoms with E-state index >= 15 is 0 Å². The summed E-state index contributed by atoms with van der Waals surface area (Å²) in [5.41, 5.74) is 2.24. The van der Waals surface area contributed by atoms with Crippen LogP contribution < -0.4 is 10.2 Å². The minimum atomic E-state index is -0.244. The summed E-state index contributed by atoms with van der Waals surface area (Å²) in [5, 5.41) is 11.3. The molecular weight excluding hydrogens is 380 g/mol. The van der Waals surface area contributed by atoms with E-state index in [0.717, 1.165) is 17.1 Å². The minimum Gasteiger partial charge on any atom is -0.352 e. The summed E-state index contributed by atoms with van der Waals surface area (Å²) < 4.78 is 0. The molecule has 1 saturated heterocycles. The van der Waals surface area contributed by atoms with Crippen molar-refractivity contribution in [1.82, 2.24) is 25.4 Å². The fourth-order valence-corrected chi connectivity index (χ4v) is 3.31. The highest BCUT2D eigenvalue weighted by Crippen LogP contribution is 2.18. The number of piperazine rings is 1. The highest BCUT2D eigenvalue weighted by molar-refractivity contribution is 5.96. The molecule has 0 unspecified atom stereocenters. The Morgan fingerprint density at radius 1 is 0.900 bits per heavy atom. The van der Waals surface area contributed by atoms with Crippen molar-refractivity contribution in [3.63, 3.8) is 0 Å². The minimum absolute atomic E-state index is 0.00661. The second-order valence-corrected chi connectivity index (χ2v) is 6.94. The molecule has 1 aliphatic rings. The topological polar surface area (TPSA) is 91.3 Å². The lowest BCUT2D eigenvalue weighted by atomic mass is 10.2. The van der Waals surface area contributed by atoms with Gasteiger partial charge in [-0.1, -0.05) is 18.2 Å². The van der Waals surface area contributed by atoms with Crippen molar-refractivity contribution in [2.45, 2.75) is 0 Å². The summed E-state index contributed by atoms with van der Waals surface area (Å²) in [6.45, 7) is 2.48. The number of aromatic nitrogens is 3. The van der Waals surface area contributed by atoms with Gasteiger partial charge in [0.15, 0.2) is 5.82 Å². The molecule has 0 saturated carbocycles. The highest BCUT2D eigenvalue weighted by atomic mass is 16.2. The maximum Gasteiger partial charge on any atom is 0.251 e. The summed E-state index contributed by atoms with van der Waals surface area (Å²) >= 11 is 0. The van der Waals surface area contributed by atoms with Gasteiger partial charge in [0.2, 0.25) is 5.91 Å². The average molecular weight is 402 g/mol. The lowest BCUT2D eigenvalue weighted by Gasteiger charge is -2.35.